The molecule has 0 radical (unpaired) electrons. The van der Waals surface area contributed by atoms with Crippen LogP contribution in [0.1, 0.15) is 41.8 Å². The number of nitrogen functional groups attached to an aromatic ring is 1. The molecule has 0 aliphatic heterocycles. The highest BCUT2D eigenvalue weighted by atomic mass is 16.1. The second-order valence-corrected chi connectivity index (χ2v) is 4.67. The van der Waals surface area contributed by atoms with E-state index in [1.165, 1.54) is 4.57 Å². The third-order valence-electron chi connectivity index (χ3n) is 2.96. The number of anilines is 1. The molecule has 0 aromatic carbocycles. The van der Waals surface area contributed by atoms with Gasteiger partial charge < -0.3 is 5.73 Å². The maximum atomic E-state index is 12.1. The summed E-state index contributed by atoms with van der Waals surface area (Å²) in [6.45, 7) is 6.04. The maximum Gasteiger partial charge on any atom is 0.270 e. The predicted octanol–water partition coefficient (Wildman–Crippen LogP) is 1.47. The molecule has 0 aliphatic rings. The third-order valence-corrected chi connectivity index (χ3v) is 2.96. The normalized spacial score (nSPS) is 10.4. The summed E-state index contributed by atoms with van der Waals surface area (Å²) < 4.78 is 1.31. The van der Waals surface area contributed by atoms with Crippen LogP contribution in [0.4, 0.5) is 5.82 Å². The molecule has 0 amide bonds. The molecular formula is C13H17N3O2. The average Bonchev–Trinajstić information content (AvgIpc) is 2.29. The number of nitrogens with two attached hydrogens (primary N) is 1. The van der Waals surface area contributed by atoms with Crippen molar-refractivity contribution in [1.29, 1.82) is 5.26 Å². The zero-order valence-electron chi connectivity index (χ0n) is 10.9. The molecule has 0 saturated carbocycles. The van der Waals surface area contributed by atoms with E-state index < -0.39 is 5.56 Å². The quantitative estimate of drug-likeness (QED) is 0.816. The van der Waals surface area contributed by atoms with Crippen molar-refractivity contribution in [2.75, 3.05) is 5.73 Å². The second kappa shape index (κ2) is 5.50. The molecule has 0 saturated heterocycles. The number of carbonyl (C=O) groups excluding carboxylic acids is 1. The average molecular weight is 247 g/mol. The van der Waals surface area contributed by atoms with Crippen molar-refractivity contribution in [2.24, 2.45) is 5.92 Å². The molecule has 0 spiro atoms. The summed E-state index contributed by atoms with van der Waals surface area (Å²) >= 11 is 0. The van der Waals surface area contributed by atoms with Crippen LogP contribution >= 0.6 is 0 Å². The molecule has 0 fully saturated rings. The largest absolute Gasteiger partial charge is 0.384 e. The van der Waals surface area contributed by atoms with Crippen LogP contribution in [0.2, 0.25) is 0 Å². The number of rotatable bonds is 4. The molecule has 0 bridgehead atoms. The minimum absolute atomic E-state index is 0.00458. The van der Waals surface area contributed by atoms with Crippen LogP contribution < -0.4 is 11.3 Å². The van der Waals surface area contributed by atoms with Gasteiger partial charge in [-0.15, -0.1) is 0 Å². The van der Waals surface area contributed by atoms with E-state index in [1.54, 1.807) is 6.92 Å². The monoisotopic (exact) mass is 247 g/mol. The number of aldehydes is 1. The highest BCUT2D eigenvalue weighted by Crippen LogP contribution is 2.16. The molecule has 0 atom stereocenters. The van der Waals surface area contributed by atoms with Gasteiger partial charge in [0.05, 0.1) is 5.56 Å². The zero-order valence-corrected chi connectivity index (χ0v) is 10.9. The van der Waals surface area contributed by atoms with E-state index >= 15 is 0 Å². The van der Waals surface area contributed by atoms with Crippen LogP contribution in [0.5, 0.6) is 0 Å². The predicted molar refractivity (Wildman–Crippen MR) is 69.4 cm³/mol. The summed E-state index contributed by atoms with van der Waals surface area (Å²) in [5, 5.41) is 8.99. The zero-order chi connectivity index (χ0) is 13.9. The number of pyridine rings is 1. The number of carbonyl (C=O) groups is 1. The second-order valence-electron chi connectivity index (χ2n) is 4.67. The van der Waals surface area contributed by atoms with Crippen molar-refractivity contribution < 1.29 is 4.79 Å². The number of hydrogen-bond acceptors (Lipinski definition) is 4. The SMILES string of the molecule is Cc1c(C=O)c(N)n(CCC(C)C)c(=O)c1C#N. The Balaban J connectivity index is 3.47. The molecule has 5 heteroatoms. The Morgan fingerprint density at radius 3 is 2.56 bits per heavy atom. The fraction of sp³-hybridized carbons (Fsp3) is 0.462. The van der Waals surface area contributed by atoms with E-state index in [2.05, 4.69) is 0 Å². The first kappa shape index (κ1) is 14.0. The van der Waals surface area contributed by atoms with E-state index in [9.17, 15) is 9.59 Å². The Hall–Kier alpha value is -2.09. The summed E-state index contributed by atoms with van der Waals surface area (Å²) in [7, 11) is 0. The topological polar surface area (TPSA) is 88.9 Å². The molecule has 96 valence electrons. The summed E-state index contributed by atoms with van der Waals surface area (Å²) in [5.41, 5.74) is 5.99. The lowest BCUT2D eigenvalue weighted by atomic mass is 10.1. The Bertz CT molecular complexity index is 565. The summed E-state index contributed by atoms with van der Waals surface area (Å²) in [6.07, 6.45) is 1.35. The van der Waals surface area contributed by atoms with Crippen LogP contribution in [0, 0.1) is 24.2 Å². The van der Waals surface area contributed by atoms with Gasteiger partial charge in [0.1, 0.15) is 17.5 Å². The lowest BCUT2D eigenvalue weighted by molar-refractivity contribution is 0.112. The van der Waals surface area contributed by atoms with E-state index in [0.717, 1.165) is 6.42 Å². The van der Waals surface area contributed by atoms with Crippen molar-refractivity contribution in [3.63, 3.8) is 0 Å². The van der Waals surface area contributed by atoms with Gasteiger partial charge in [-0.1, -0.05) is 13.8 Å². The fourth-order valence-corrected chi connectivity index (χ4v) is 1.77. The molecule has 18 heavy (non-hydrogen) atoms. The van der Waals surface area contributed by atoms with Crippen molar-refractivity contribution in [3.05, 3.63) is 27.0 Å². The molecule has 1 rings (SSSR count). The molecule has 1 aromatic rings. The molecule has 5 nitrogen and oxygen atoms in total. The van der Waals surface area contributed by atoms with Crippen LogP contribution in [0.15, 0.2) is 4.79 Å². The minimum atomic E-state index is -0.418. The first-order valence-corrected chi connectivity index (χ1v) is 5.82. The lowest BCUT2D eigenvalue weighted by Gasteiger charge is -2.15. The van der Waals surface area contributed by atoms with Crippen molar-refractivity contribution in [1.82, 2.24) is 4.57 Å². The first-order chi connectivity index (χ1) is 8.43. The molecule has 1 heterocycles. The fourth-order valence-electron chi connectivity index (χ4n) is 1.77. The van der Waals surface area contributed by atoms with Gasteiger partial charge in [0.25, 0.3) is 5.56 Å². The molecule has 2 N–H and O–H groups in total. The van der Waals surface area contributed by atoms with E-state index in [-0.39, 0.29) is 16.9 Å². The van der Waals surface area contributed by atoms with Crippen LogP contribution in [-0.2, 0) is 6.54 Å². The van der Waals surface area contributed by atoms with E-state index in [4.69, 9.17) is 11.0 Å². The Labute approximate surface area is 106 Å². The number of nitrogens with zero attached hydrogens (tertiary/aromatic N) is 2. The number of aromatic nitrogens is 1. The Kier molecular flexibility index (Phi) is 4.27. The minimum Gasteiger partial charge on any atom is -0.384 e. The van der Waals surface area contributed by atoms with Crippen LogP contribution in [0.3, 0.4) is 0 Å². The summed E-state index contributed by atoms with van der Waals surface area (Å²) in [6, 6.07) is 1.85. The van der Waals surface area contributed by atoms with Gasteiger partial charge in [-0.3, -0.25) is 14.2 Å². The molecule has 0 unspecified atom stereocenters. The summed E-state index contributed by atoms with van der Waals surface area (Å²) in [4.78, 5) is 23.1. The van der Waals surface area contributed by atoms with Gasteiger partial charge in [0.2, 0.25) is 0 Å². The van der Waals surface area contributed by atoms with Crippen molar-refractivity contribution in [3.8, 4) is 6.07 Å². The first-order valence-electron chi connectivity index (χ1n) is 5.82. The van der Waals surface area contributed by atoms with E-state index in [0.29, 0.717) is 24.3 Å². The van der Waals surface area contributed by atoms with Gasteiger partial charge in [-0.2, -0.15) is 5.26 Å². The van der Waals surface area contributed by atoms with Gasteiger partial charge >= 0.3 is 0 Å². The number of nitriles is 1. The van der Waals surface area contributed by atoms with Gasteiger partial charge in [-0.25, -0.2) is 0 Å². The Morgan fingerprint density at radius 2 is 2.11 bits per heavy atom. The molecular weight excluding hydrogens is 230 g/mol. The van der Waals surface area contributed by atoms with E-state index in [1.807, 2.05) is 19.9 Å². The van der Waals surface area contributed by atoms with Gasteiger partial charge in [-0.05, 0) is 24.8 Å². The van der Waals surface area contributed by atoms with Gasteiger partial charge in [0, 0.05) is 6.54 Å². The standard InChI is InChI=1S/C13H17N3O2/c1-8(2)4-5-16-12(15)11(7-17)9(3)10(6-14)13(16)18/h7-8H,4-5,15H2,1-3H3. The Morgan fingerprint density at radius 1 is 1.50 bits per heavy atom. The van der Waals surface area contributed by atoms with Crippen molar-refractivity contribution in [2.45, 2.75) is 33.7 Å². The highest BCUT2D eigenvalue weighted by Gasteiger charge is 2.16. The third kappa shape index (κ3) is 2.43. The molecule has 1 aromatic heterocycles. The maximum absolute atomic E-state index is 12.1. The van der Waals surface area contributed by atoms with Crippen LogP contribution in [0.25, 0.3) is 0 Å². The lowest BCUT2D eigenvalue weighted by Crippen LogP contribution is -2.28. The molecule has 0 aliphatic carbocycles. The van der Waals surface area contributed by atoms with Crippen molar-refractivity contribution >= 4 is 12.1 Å². The summed E-state index contributed by atoms with van der Waals surface area (Å²) in [5.74, 6) is 0.551. The van der Waals surface area contributed by atoms with Gasteiger partial charge in [0.15, 0.2) is 6.29 Å². The number of hydrogen-bond donors (Lipinski definition) is 1. The smallest absolute Gasteiger partial charge is 0.270 e. The van der Waals surface area contributed by atoms with Crippen LogP contribution in [-0.4, -0.2) is 10.9 Å². The highest BCUT2D eigenvalue weighted by molar-refractivity contribution is 5.85.